The van der Waals surface area contributed by atoms with Crippen LogP contribution in [-0.2, 0) is 17.6 Å². The van der Waals surface area contributed by atoms with Crippen molar-refractivity contribution in [3.8, 4) is 22.6 Å². The van der Waals surface area contributed by atoms with Gasteiger partial charge in [-0.2, -0.15) is 0 Å². The summed E-state index contributed by atoms with van der Waals surface area (Å²) in [5, 5.41) is 6.09. The van der Waals surface area contributed by atoms with Gasteiger partial charge in [0.1, 0.15) is 0 Å². The number of nitrogens with one attached hydrogen (secondary N) is 1. The first kappa shape index (κ1) is 20.0. The van der Waals surface area contributed by atoms with Crippen LogP contribution in [0.15, 0.2) is 70.9 Å². The van der Waals surface area contributed by atoms with Gasteiger partial charge in [-0.05, 0) is 18.6 Å². The molecule has 0 spiro atoms. The summed E-state index contributed by atoms with van der Waals surface area (Å²) in [7, 11) is 0. The molecule has 3 aromatic heterocycles. The van der Waals surface area contributed by atoms with Gasteiger partial charge in [-0.25, -0.2) is 9.97 Å². The van der Waals surface area contributed by atoms with Crippen molar-refractivity contribution < 1.29 is 9.21 Å². The summed E-state index contributed by atoms with van der Waals surface area (Å²) >= 11 is 1.65. The Labute approximate surface area is 179 Å². The molecule has 4 rings (SSSR count). The molecule has 0 aliphatic carbocycles. The Kier molecular flexibility index (Phi) is 6.61. The lowest BCUT2D eigenvalue weighted by Gasteiger charge is -2.03. The van der Waals surface area contributed by atoms with Crippen molar-refractivity contribution in [3.05, 3.63) is 77.3 Å². The third-order valence-electron chi connectivity index (χ3n) is 4.60. The molecule has 7 heteroatoms. The molecule has 152 valence electrons. The summed E-state index contributed by atoms with van der Waals surface area (Å²) in [6, 6.07) is 13.7. The van der Waals surface area contributed by atoms with Gasteiger partial charge < -0.3 is 9.73 Å². The highest BCUT2D eigenvalue weighted by Crippen LogP contribution is 2.22. The van der Waals surface area contributed by atoms with Gasteiger partial charge in [0.25, 0.3) is 0 Å². The van der Waals surface area contributed by atoms with E-state index in [1.54, 1.807) is 29.9 Å². The standard InChI is InChI=1S/C23H22N4O2S/c28-21(8-9-22-26-15-20(29-22)18-5-2-1-3-6-18)25-12-4-7-23-27-19(16-30-23)17-10-13-24-14-11-17/h1-3,5-6,10-11,13-16H,4,7-9,12H2,(H,25,28). The van der Waals surface area contributed by atoms with Gasteiger partial charge in [-0.15, -0.1) is 11.3 Å². The summed E-state index contributed by atoms with van der Waals surface area (Å²) in [6.45, 7) is 0.629. The fourth-order valence-electron chi connectivity index (χ4n) is 3.02. The Morgan fingerprint density at radius 1 is 1.03 bits per heavy atom. The number of pyridine rings is 1. The maximum atomic E-state index is 12.1. The highest BCUT2D eigenvalue weighted by Gasteiger charge is 2.09. The Hall–Kier alpha value is -3.32. The van der Waals surface area contributed by atoms with E-state index >= 15 is 0 Å². The molecule has 30 heavy (non-hydrogen) atoms. The molecule has 0 saturated heterocycles. The maximum absolute atomic E-state index is 12.1. The highest BCUT2D eigenvalue weighted by molar-refractivity contribution is 7.09. The molecule has 6 nitrogen and oxygen atoms in total. The Balaban J connectivity index is 1.16. The molecular formula is C23H22N4O2S. The zero-order valence-electron chi connectivity index (χ0n) is 16.5. The predicted octanol–water partition coefficient (Wildman–Crippen LogP) is 4.54. The van der Waals surface area contributed by atoms with Crippen LogP contribution in [0.4, 0.5) is 0 Å². The Morgan fingerprint density at radius 2 is 1.87 bits per heavy atom. The van der Waals surface area contributed by atoms with Crippen LogP contribution in [0.1, 0.15) is 23.7 Å². The normalized spacial score (nSPS) is 10.8. The number of carbonyl (C=O) groups is 1. The van der Waals surface area contributed by atoms with Crippen molar-refractivity contribution in [1.82, 2.24) is 20.3 Å². The third kappa shape index (κ3) is 5.39. The van der Waals surface area contributed by atoms with E-state index < -0.39 is 0 Å². The number of aromatic nitrogens is 3. The number of carbonyl (C=O) groups excluding carboxylic acids is 1. The molecule has 1 aromatic carbocycles. The zero-order valence-corrected chi connectivity index (χ0v) is 17.3. The molecule has 0 radical (unpaired) electrons. The van der Waals surface area contributed by atoms with Crippen LogP contribution >= 0.6 is 11.3 Å². The van der Waals surface area contributed by atoms with Crippen molar-refractivity contribution in [2.75, 3.05) is 6.54 Å². The number of hydrogen-bond donors (Lipinski definition) is 1. The van der Waals surface area contributed by atoms with Crippen molar-refractivity contribution in [2.45, 2.75) is 25.7 Å². The van der Waals surface area contributed by atoms with Gasteiger partial charge in [0.2, 0.25) is 5.91 Å². The van der Waals surface area contributed by atoms with Crippen LogP contribution in [0.5, 0.6) is 0 Å². The van der Waals surface area contributed by atoms with Gasteiger partial charge in [0.05, 0.1) is 16.9 Å². The summed E-state index contributed by atoms with van der Waals surface area (Å²) in [6.07, 6.45) is 7.78. The number of hydrogen-bond acceptors (Lipinski definition) is 6. The van der Waals surface area contributed by atoms with Gasteiger partial charge >= 0.3 is 0 Å². The number of oxazole rings is 1. The van der Waals surface area contributed by atoms with Crippen molar-refractivity contribution in [2.24, 2.45) is 0 Å². The predicted molar refractivity (Wildman–Crippen MR) is 117 cm³/mol. The molecule has 0 bridgehead atoms. The first-order chi connectivity index (χ1) is 14.8. The molecule has 0 aliphatic rings. The molecular weight excluding hydrogens is 396 g/mol. The van der Waals surface area contributed by atoms with Crippen LogP contribution in [0.2, 0.25) is 0 Å². The second kappa shape index (κ2) is 9.93. The summed E-state index contributed by atoms with van der Waals surface area (Å²) in [5.41, 5.74) is 3.03. The monoisotopic (exact) mass is 418 g/mol. The van der Waals surface area contributed by atoms with Gasteiger partial charge in [0.15, 0.2) is 11.7 Å². The summed E-state index contributed by atoms with van der Waals surface area (Å²) in [4.78, 5) is 25.1. The van der Waals surface area contributed by atoms with E-state index in [4.69, 9.17) is 4.42 Å². The first-order valence-corrected chi connectivity index (χ1v) is 10.8. The number of benzene rings is 1. The van der Waals surface area contributed by atoms with Crippen LogP contribution in [0.25, 0.3) is 22.6 Å². The van der Waals surface area contributed by atoms with Crippen LogP contribution in [0.3, 0.4) is 0 Å². The minimum absolute atomic E-state index is 0.00562. The lowest BCUT2D eigenvalue weighted by Crippen LogP contribution is -2.25. The lowest BCUT2D eigenvalue weighted by molar-refractivity contribution is -0.121. The number of aryl methyl sites for hydroxylation is 2. The molecule has 1 amide bonds. The minimum Gasteiger partial charge on any atom is -0.441 e. The van der Waals surface area contributed by atoms with Crippen molar-refractivity contribution >= 4 is 17.2 Å². The first-order valence-electron chi connectivity index (χ1n) is 9.89. The molecule has 0 aliphatic heterocycles. The minimum atomic E-state index is 0.00562. The molecule has 0 atom stereocenters. The van der Waals surface area contributed by atoms with E-state index in [9.17, 15) is 4.79 Å². The van der Waals surface area contributed by atoms with Crippen LogP contribution in [0, 0.1) is 0 Å². The number of rotatable bonds is 9. The maximum Gasteiger partial charge on any atom is 0.220 e. The van der Waals surface area contributed by atoms with E-state index in [2.05, 4.69) is 25.6 Å². The average Bonchev–Trinajstić information content (AvgIpc) is 3.46. The SMILES string of the molecule is O=C(CCc1ncc(-c2ccccc2)o1)NCCCc1nc(-c2ccncc2)cs1. The number of amides is 1. The summed E-state index contributed by atoms with van der Waals surface area (Å²) < 4.78 is 5.74. The van der Waals surface area contributed by atoms with E-state index in [0.29, 0.717) is 25.3 Å². The van der Waals surface area contributed by atoms with E-state index in [0.717, 1.165) is 40.4 Å². The summed E-state index contributed by atoms with van der Waals surface area (Å²) in [5.74, 6) is 1.31. The topological polar surface area (TPSA) is 80.9 Å². The van der Waals surface area contributed by atoms with Gasteiger partial charge in [-0.3, -0.25) is 9.78 Å². The molecule has 3 heterocycles. The van der Waals surface area contributed by atoms with Gasteiger partial charge in [0, 0.05) is 54.7 Å². The van der Waals surface area contributed by atoms with Gasteiger partial charge in [-0.1, -0.05) is 30.3 Å². The zero-order chi connectivity index (χ0) is 20.6. The number of thiazole rings is 1. The fourth-order valence-corrected chi connectivity index (χ4v) is 3.87. The molecule has 4 aromatic rings. The second-order valence-corrected chi connectivity index (χ2v) is 7.74. The van der Waals surface area contributed by atoms with Crippen molar-refractivity contribution in [3.63, 3.8) is 0 Å². The van der Waals surface area contributed by atoms with E-state index in [-0.39, 0.29) is 5.91 Å². The fraction of sp³-hybridized carbons (Fsp3) is 0.217. The van der Waals surface area contributed by atoms with Crippen LogP contribution < -0.4 is 5.32 Å². The largest absolute Gasteiger partial charge is 0.441 e. The molecule has 0 saturated carbocycles. The highest BCUT2D eigenvalue weighted by atomic mass is 32.1. The molecule has 1 N–H and O–H groups in total. The van der Waals surface area contributed by atoms with E-state index in [1.165, 1.54) is 0 Å². The lowest BCUT2D eigenvalue weighted by atomic mass is 10.2. The third-order valence-corrected chi connectivity index (χ3v) is 5.50. The second-order valence-electron chi connectivity index (χ2n) is 6.80. The Morgan fingerprint density at radius 3 is 2.70 bits per heavy atom. The smallest absolute Gasteiger partial charge is 0.220 e. The number of nitrogens with zero attached hydrogens (tertiary/aromatic N) is 3. The van der Waals surface area contributed by atoms with Crippen molar-refractivity contribution in [1.29, 1.82) is 0 Å². The average molecular weight is 419 g/mol. The molecule has 0 unspecified atom stereocenters. The quantitative estimate of drug-likeness (QED) is 0.404. The Bertz CT molecular complexity index is 1080. The molecule has 0 fully saturated rings. The van der Waals surface area contributed by atoms with E-state index in [1.807, 2.05) is 42.5 Å². The van der Waals surface area contributed by atoms with Crippen LogP contribution in [-0.4, -0.2) is 27.4 Å².